The molecule has 8 heteroatoms. The summed E-state index contributed by atoms with van der Waals surface area (Å²) in [5.74, 6) is 0.876. The maximum atomic E-state index is 11.9. The van der Waals surface area contributed by atoms with Crippen LogP contribution in [0.4, 0.5) is 0 Å². The molecule has 0 aliphatic carbocycles. The molecule has 2 N–H and O–H groups in total. The molecule has 0 saturated carbocycles. The summed E-state index contributed by atoms with van der Waals surface area (Å²) in [7, 11) is -3.35. The third kappa shape index (κ3) is 3.77. The Hall–Kier alpha value is -0.960. The molecular weight excluding hydrogens is 256 g/mol. The van der Waals surface area contributed by atoms with Crippen LogP contribution in [-0.4, -0.2) is 55.5 Å². The van der Waals surface area contributed by atoms with E-state index in [2.05, 4.69) is 14.7 Å². The molecule has 1 aromatic heterocycles. The molecule has 1 saturated heterocycles. The first-order valence-corrected chi connectivity index (χ1v) is 7.43. The molecular formula is C10H18N4O3S. The summed E-state index contributed by atoms with van der Waals surface area (Å²) >= 11 is 0. The Bertz CT molecular complexity index is 440. The predicted octanol–water partition coefficient (Wildman–Crippen LogP) is -0.491. The number of nitrogens with zero attached hydrogens (tertiary/aromatic N) is 2. The first kappa shape index (κ1) is 13.5. The molecule has 0 unspecified atom stereocenters. The summed E-state index contributed by atoms with van der Waals surface area (Å²) in [5, 5.41) is 0. The lowest BCUT2D eigenvalue weighted by Gasteiger charge is -2.26. The molecule has 0 aromatic carbocycles. The van der Waals surface area contributed by atoms with Crippen molar-refractivity contribution in [2.45, 2.75) is 12.8 Å². The third-order valence-corrected chi connectivity index (χ3v) is 4.35. The average molecular weight is 274 g/mol. The largest absolute Gasteiger partial charge is 0.379 e. The molecule has 2 rings (SSSR count). The lowest BCUT2D eigenvalue weighted by molar-refractivity contribution is 0.0725. The summed E-state index contributed by atoms with van der Waals surface area (Å²) in [6, 6.07) is 0. The van der Waals surface area contributed by atoms with Crippen molar-refractivity contribution in [3.05, 3.63) is 18.2 Å². The van der Waals surface area contributed by atoms with Gasteiger partial charge in [-0.1, -0.05) is 0 Å². The van der Waals surface area contributed by atoms with Gasteiger partial charge in [0.1, 0.15) is 5.82 Å². The minimum Gasteiger partial charge on any atom is -0.379 e. The summed E-state index contributed by atoms with van der Waals surface area (Å²) < 4.78 is 32.9. The van der Waals surface area contributed by atoms with Crippen LogP contribution in [0, 0.1) is 0 Å². The van der Waals surface area contributed by atoms with Gasteiger partial charge in [0, 0.05) is 38.4 Å². The summed E-state index contributed by atoms with van der Waals surface area (Å²) in [6.07, 6.45) is 4.90. The van der Waals surface area contributed by atoms with Crippen LogP contribution in [0.25, 0.3) is 0 Å². The highest BCUT2D eigenvalue weighted by atomic mass is 32.2. The number of rotatable bonds is 6. The second-order valence-electron chi connectivity index (χ2n) is 4.05. The Balaban J connectivity index is 1.71. The standard InChI is InChI=1S/C10H18N4O3S/c15-18(16,14-6-8-17-9-7-14)13-3-1-2-10-11-4-5-12-10/h4-5,13H,1-3,6-9H2,(H,11,12). The minimum absolute atomic E-state index is 0.417. The van der Waals surface area contributed by atoms with E-state index in [1.54, 1.807) is 12.4 Å². The number of aromatic amines is 1. The summed E-state index contributed by atoms with van der Waals surface area (Å²) in [6.45, 7) is 2.20. The first-order valence-electron chi connectivity index (χ1n) is 5.99. The number of aryl methyl sites for hydroxylation is 1. The molecule has 102 valence electrons. The normalized spacial score (nSPS) is 18.0. The van der Waals surface area contributed by atoms with Crippen LogP contribution in [0.15, 0.2) is 12.4 Å². The van der Waals surface area contributed by atoms with Crippen molar-refractivity contribution >= 4 is 10.2 Å². The van der Waals surface area contributed by atoms with Gasteiger partial charge in [-0.2, -0.15) is 12.7 Å². The molecule has 18 heavy (non-hydrogen) atoms. The third-order valence-electron chi connectivity index (χ3n) is 2.74. The van der Waals surface area contributed by atoms with Crippen LogP contribution < -0.4 is 4.72 Å². The smallest absolute Gasteiger partial charge is 0.279 e. The molecule has 0 radical (unpaired) electrons. The van der Waals surface area contributed by atoms with E-state index in [1.165, 1.54) is 4.31 Å². The van der Waals surface area contributed by atoms with Gasteiger partial charge in [-0.05, 0) is 6.42 Å². The van der Waals surface area contributed by atoms with E-state index in [-0.39, 0.29) is 0 Å². The Kier molecular flexibility index (Phi) is 4.70. The molecule has 0 atom stereocenters. The van der Waals surface area contributed by atoms with Crippen molar-refractivity contribution in [3.63, 3.8) is 0 Å². The number of hydrogen-bond donors (Lipinski definition) is 2. The van der Waals surface area contributed by atoms with E-state index < -0.39 is 10.2 Å². The average Bonchev–Trinajstić information content (AvgIpc) is 2.89. The Morgan fingerprint density at radius 1 is 1.44 bits per heavy atom. The van der Waals surface area contributed by atoms with Crippen molar-refractivity contribution in [1.82, 2.24) is 19.0 Å². The van der Waals surface area contributed by atoms with Crippen molar-refractivity contribution in [1.29, 1.82) is 0 Å². The van der Waals surface area contributed by atoms with Crippen LogP contribution in [0.3, 0.4) is 0 Å². The van der Waals surface area contributed by atoms with Gasteiger partial charge in [-0.25, -0.2) is 9.71 Å². The number of H-pyrrole nitrogens is 1. The van der Waals surface area contributed by atoms with E-state index >= 15 is 0 Å². The van der Waals surface area contributed by atoms with Gasteiger partial charge in [0.2, 0.25) is 0 Å². The second-order valence-corrected chi connectivity index (χ2v) is 5.81. The zero-order valence-electron chi connectivity index (χ0n) is 10.1. The molecule has 0 bridgehead atoms. The fourth-order valence-electron chi connectivity index (χ4n) is 1.77. The highest BCUT2D eigenvalue weighted by Crippen LogP contribution is 2.03. The van der Waals surface area contributed by atoms with Crippen LogP contribution in [0.2, 0.25) is 0 Å². The van der Waals surface area contributed by atoms with Crippen molar-refractivity contribution in [2.24, 2.45) is 0 Å². The highest BCUT2D eigenvalue weighted by Gasteiger charge is 2.23. The number of morpholine rings is 1. The lowest BCUT2D eigenvalue weighted by Crippen LogP contribution is -2.46. The Labute approximate surface area is 107 Å². The number of aromatic nitrogens is 2. The number of nitrogens with one attached hydrogen (secondary N) is 2. The van der Waals surface area contributed by atoms with Gasteiger partial charge in [-0.3, -0.25) is 0 Å². The molecule has 0 spiro atoms. The minimum atomic E-state index is -3.35. The Morgan fingerprint density at radius 2 is 2.22 bits per heavy atom. The summed E-state index contributed by atoms with van der Waals surface area (Å²) in [4.78, 5) is 7.06. The van der Waals surface area contributed by atoms with Crippen LogP contribution in [-0.2, 0) is 21.4 Å². The molecule has 1 aliphatic heterocycles. The molecule has 1 fully saturated rings. The maximum Gasteiger partial charge on any atom is 0.279 e. The fourth-order valence-corrected chi connectivity index (χ4v) is 2.98. The predicted molar refractivity (Wildman–Crippen MR) is 66.2 cm³/mol. The van der Waals surface area contributed by atoms with Crippen LogP contribution in [0.1, 0.15) is 12.2 Å². The molecule has 2 heterocycles. The fraction of sp³-hybridized carbons (Fsp3) is 0.700. The molecule has 1 aromatic rings. The quantitative estimate of drug-likeness (QED) is 0.685. The van der Waals surface area contributed by atoms with E-state index in [0.717, 1.165) is 18.7 Å². The molecule has 0 amide bonds. The van der Waals surface area contributed by atoms with Crippen LogP contribution in [0.5, 0.6) is 0 Å². The monoisotopic (exact) mass is 274 g/mol. The van der Waals surface area contributed by atoms with Gasteiger partial charge >= 0.3 is 0 Å². The first-order chi connectivity index (χ1) is 8.68. The van der Waals surface area contributed by atoms with E-state index in [9.17, 15) is 8.42 Å². The van der Waals surface area contributed by atoms with E-state index in [0.29, 0.717) is 32.8 Å². The summed E-state index contributed by atoms with van der Waals surface area (Å²) in [5.41, 5.74) is 0. The zero-order valence-corrected chi connectivity index (χ0v) is 10.9. The number of ether oxygens (including phenoxy) is 1. The van der Waals surface area contributed by atoms with Gasteiger partial charge in [-0.15, -0.1) is 0 Å². The van der Waals surface area contributed by atoms with Crippen molar-refractivity contribution in [3.8, 4) is 0 Å². The van der Waals surface area contributed by atoms with Gasteiger partial charge < -0.3 is 9.72 Å². The lowest BCUT2D eigenvalue weighted by atomic mass is 10.3. The van der Waals surface area contributed by atoms with E-state index in [4.69, 9.17) is 4.74 Å². The molecule has 1 aliphatic rings. The van der Waals surface area contributed by atoms with Crippen molar-refractivity contribution < 1.29 is 13.2 Å². The zero-order chi connectivity index (χ0) is 12.8. The topological polar surface area (TPSA) is 87.3 Å². The highest BCUT2D eigenvalue weighted by molar-refractivity contribution is 7.87. The second kappa shape index (κ2) is 6.28. The van der Waals surface area contributed by atoms with Crippen molar-refractivity contribution in [2.75, 3.05) is 32.8 Å². The number of hydrogen-bond acceptors (Lipinski definition) is 4. The van der Waals surface area contributed by atoms with Gasteiger partial charge in [0.05, 0.1) is 13.2 Å². The maximum absolute atomic E-state index is 11.9. The van der Waals surface area contributed by atoms with Crippen LogP contribution >= 0.6 is 0 Å². The van der Waals surface area contributed by atoms with Gasteiger partial charge in [0.25, 0.3) is 10.2 Å². The van der Waals surface area contributed by atoms with E-state index in [1.807, 2.05) is 0 Å². The van der Waals surface area contributed by atoms with Gasteiger partial charge in [0.15, 0.2) is 0 Å². The Morgan fingerprint density at radius 3 is 2.89 bits per heavy atom. The number of imidazole rings is 1. The molecule has 7 nitrogen and oxygen atoms in total. The SMILES string of the molecule is O=S(=O)(NCCCc1ncc[nH]1)N1CCOCC1.